The highest BCUT2D eigenvalue weighted by molar-refractivity contribution is 7.91. The van der Waals surface area contributed by atoms with Crippen molar-refractivity contribution in [2.75, 3.05) is 0 Å². The molecule has 0 aliphatic rings. The SMILES string of the molecule is Cc1ccc(S(=O)(=O)c2cc(F)ccc2C=Cc2ccccc2)cc1. The summed E-state index contributed by atoms with van der Waals surface area (Å²) in [6.45, 7) is 1.88. The van der Waals surface area contributed by atoms with E-state index in [0.717, 1.165) is 17.2 Å². The van der Waals surface area contributed by atoms with Crippen LogP contribution in [0.1, 0.15) is 16.7 Å². The zero-order valence-corrected chi connectivity index (χ0v) is 14.5. The van der Waals surface area contributed by atoms with E-state index < -0.39 is 15.7 Å². The molecule has 0 heterocycles. The van der Waals surface area contributed by atoms with Crippen molar-refractivity contribution in [1.29, 1.82) is 0 Å². The summed E-state index contributed by atoms with van der Waals surface area (Å²) in [4.78, 5) is 0.113. The number of sulfone groups is 1. The number of rotatable bonds is 4. The van der Waals surface area contributed by atoms with Crippen molar-refractivity contribution in [1.82, 2.24) is 0 Å². The molecule has 0 radical (unpaired) electrons. The van der Waals surface area contributed by atoms with E-state index >= 15 is 0 Å². The molecule has 3 aromatic rings. The van der Waals surface area contributed by atoms with Crippen LogP contribution < -0.4 is 0 Å². The molecule has 0 aliphatic carbocycles. The predicted octanol–water partition coefficient (Wildman–Crippen LogP) is 5.14. The number of halogens is 1. The average Bonchev–Trinajstić information content (AvgIpc) is 2.62. The highest BCUT2D eigenvalue weighted by Gasteiger charge is 2.21. The topological polar surface area (TPSA) is 34.1 Å². The summed E-state index contributed by atoms with van der Waals surface area (Å²) < 4.78 is 39.6. The monoisotopic (exact) mass is 352 g/mol. The third kappa shape index (κ3) is 3.86. The summed E-state index contributed by atoms with van der Waals surface area (Å²) in [5.74, 6) is -0.581. The van der Waals surface area contributed by atoms with Crippen molar-refractivity contribution in [3.05, 3.63) is 95.3 Å². The van der Waals surface area contributed by atoms with Gasteiger partial charge in [0.05, 0.1) is 9.79 Å². The maximum Gasteiger partial charge on any atom is 0.207 e. The molecule has 0 atom stereocenters. The summed E-state index contributed by atoms with van der Waals surface area (Å²) in [6.07, 6.45) is 3.50. The van der Waals surface area contributed by atoms with Crippen LogP contribution in [0.3, 0.4) is 0 Å². The van der Waals surface area contributed by atoms with Crippen molar-refractivity contribution in [2.45, 2.75) is 16.7 Å². The lowest BCUT2D eigenvalue weighted by atomic mass is 10.1. The van der Waals surface area contributed by atoms with Gasteiger partial charge >= 0.3 is 0 Å². The Morgan fingerprint density at radius 2 is 1.52 bits per heavy atom. The summed E-state index contributed by atoms with van der Waals surface area (Å²) in [6, 6.07) is 19.9. The lowest BCUT2D eigenvalue weighted by molar-refractivity contribution is 0.590. The van der Waals surface area contributed by atoms with E-state index in [-0.39, 0.29) is 9.79 Å². The van der Waals surface area contributed by atoms with Crippen molar-refractivity contribution in [3.63, 3.8) is 0 Å². The molecule has 3 aromatic carbocycles. The molecule has 4 heteroatoms. The lowest BCUT2D eigenvalue weighted by Crippen LogP contribution is -2.05. The van der Waals surface area contributed by atoms with E-state index in [1.807, 2.05) is 37.3 Å². The number of hydrogen-bond donors (Lipinski definition) is 0. The fourth-order valence-electron chi connectivity index (χ4n) is 2.47. The van der Waals surface area contributed by atoms with Gasteiger partial charge in [-0.1, -0.05) is 66.2 Å². The standard InChI is InChI=1S/C21H17FO2S/c1-16-7-13-20(14-8-16)25(23,24)21-15-19(22)12-11-18(21)10-9-17-5-3-2-4-6-17/h2-15H,1H3. The minimum absolute atomic E-state index is 0.0384. The van der Waals surface area contributed by atoms with Crippen LogP contribution in [0.5, 0.6) is 0 Å². The maximum atomic E-state index is 13.7. The van der Waals surface area contributed by atoms with E-state index in [2.05, 4.69) is 0 Å². The Balaban J connectivity index is 2.08. The van der Waals surface area contributed by atoms with E-state index in [0.29, 0.717) is 5.56 Å². The number of aryl methyl sites for hydroxylation is 1. The third-order valence-electron chi connectivity index (χ3n) is 3.85. The molecule has 0 saturated heterocycles. The van der Waals surface area contributed by atoms with E-state index in [1.54, 1.807) is 36.4 Å². The molecule has 126 valence electrons. The lowest BCUT2D eigenvalue weighted by Gasteiger charge is -2.09. The summed E-state index contributed by atoms with van der Waals surface area (Å²) in [5.41, 5.74) is 2.35. The van der Waals surface area contributed by atoms with Crippen molar-refractivity contribution in [2.24, 2.45) is 0 Å². The van der Waals surface area contributed by atoms with Gasteiger partial charge < -0.3 is 0 Å². The fraction of sp³-hybridized carbons (Fsp3) is 0.0476. The quantitative estimate of drug-likeness (QED) is 0.610. The molecule has 25 heavy (non-hydrogen) atoms. The number of hydrogen-bond acceptors (Lipinski definition) is 2. The average molecular weight is 352 g/mol. The minimum atomic E-state index is -3.80. The Morgan fingerprint density at radius 1 is 0.840 bits per heavy atom. The Labute approximate surface area is 147 Å². The molecule has 0 amide bonds. The highest BCUT2D eigenvalue weighted by Crippen LogP contribution is 2.26. The number of benzene rings is 3. The van der Waals surface area contributed by atoms with Crippen LogP contribution in [0.15, 0.2) is 82.6 Å². The largest absolute Gasteiger partial charge is 0.218 e. The van der Waals surface area contributed by atoms with Crippen molar-refractivity contribution in [3.8, 4) is 0 Å². The first kappa shape index (κ1) is 17.1. The second-order valence-corrected chi connectivity index (χ2v) is 7.66. The van der Waals surface area contributed by atoms with Crippen molar-refractivity contribution < 1.29 is 12.8 Å². The van der Waals surface area contributed by atoms with Crippen LogP contribution in [0.2, 0.25) is 0 Å². The third-order valence-corrected chi connectivity index (χ3v) is 5.68. The molecular weight excluding hydrogens is 335 g/mol. The molecule has 0 spiro atoms. The summed E-state index contributed by atoms with van der Waals surface area (Å²) in [7, 11) is -3.80. The van der Waals surface area contributed by atoms with Crippen LogP contribution in [-0.2, 0) is 9.84 Å². The molecule has 0 bridgehead atoms. The van der Waals surface area contributed by atoms with Gasteiger partial charge in [0.2, 0.25) is 9.84 Å². The Hall–Kier alpha value is -2.72. The second kappa shape index (κ2) is 7.03. The Morgan fingerprint density at radius 3 is 2.20 bits per heavy atom. The normalized spacial score (nSPS) is 11.8. The molecule has 0 N–H and O–H groups in total. The van der Waals surface area contributed by atoms with Gasteiger partial charge in [-0.2, -0.15) is 0 Å². The summed E-state index contributed by atoms with van der Waals surface area (Å²) in [5, 5.41) is 0. The van der Waals surface area contributed by atoms with E-state index in [1.165, 1.54) is 12.1 Å². The van der Waals surface area contributed by atoms with Gasteiger partial charge in [0, 0.05) is 0 Å². The van der Waals surface area contributed by atoms with Gasteiger partial charge in [0.1, 0.15) is 5.82 Å². The molecule has 0 aromatic heterocycles. The van der Waals surface area contributed by atoms with Crippen LogP contribution >= 0.6 is 0 Å². The molecule has 2 nitrogen and oxygen atoms in total. The van der Waals surface area contributed by atoms with Gasteiger partial charge in [-0.3, -0.25) is 0 Å². The highest BCUT2D eigenvalue weighted by atomic mass is 32.2. The predicted molar refractivity (Wildman–Crippen MR) is 98.4 cm³/mol. The fourth-order valence-corrected chi connectivity index (χ4v) is 3.94. The first-order valence-corrected chi connectivity index (χ1v) is 9.29. The summed E-state index contributed by atoms with van der Waals surface area (Å²) >= 11 is 0. The first-order valence-electron chi connectivity index (χ1n) is 7.81. The minimum Gasteiger partial charge on any atom is -0.218 e. The Kier molecular flexibility index (Phi) is 4.81. The molecular formula is C21H17FO2S. The van der Waals surface area contributed by atoms with Crippen LogP contribution in [0.25, 0.3) is 12.2 Å². The zero-order valence-electron chi connectivity index (χ0n) is 13.7. The van der Waals surface area contributed by atoms with Gasteiger partial charge in [0.25, 0.3) is 0 Å². The van der Waals surface area contributed by atoms with Gasteiger partial charge in [-0.15, -0.1) is 0 Å². The molecule has 0 saturated carbocycles. The van der Waals surface area contributed by atoms with E-state index in [9.17, 15) is 12.8 Å². The second-order valence-electron chi connectivity index (χ2n) is 5.74. The Bertz CT molecular complexity index is 1010. The maximum absolute atomic E-state index is 13.7. The molecule has 3 rings (SSSR count). The van der Waals surface area contributed by atoms with Gasteiger partial charge in [-0.25, -0.2) is 12.8 Å². The van der Waals surface area contributed by atoms with Crippen LogP contribution in [0, 0.1) is 12.7 Å². The molecule has 0 aliphatic heterocycles. The smallest absolute Gasteiger partial charge is 0.207 e. The molecule has 0 fully saturated rings. The zero-order chi connectivity index (χ0) is 17.9. The van der Waals surface area contributed by atoms with Gasteiger partial charge in [0.15, 0.2) is 0 Å². The molecule has 0 unspecified atom stereocenters. The van der Waals surface area contributed by atoms with Crippen LogP contribution in [0.4, 0.5) is 4.39 Å². The van der Waals surface area contributed by atoms with E-state index in [4.69, 9.17) is 0 Å². The van der Waals surface area contributed by atoms with Crippen LogP contribution in [-0.4, -0.2) is 8.42 Å². The first-order chi connectivity index (χ1) is 12.0. The van der Waals surface area contributed by atoms with Gasteiger partial charge in [-0.05, 0) is 42.3 Å². The van der Waals surface area contributed by atoms with Crippen molar-refractivity contribution >= 4 is 22.0 Å².